The van der Waals surface area contributed by atoms with Crippen LogP contribution >= 0.6 is 0 Å². The van der Waals surface area contributed by atoms with E-state index in [1.807, 2.05) is 6.92 Å². The number of aromatic amines is 1. The van der Waals surface area contributed by atoms with Gasteiger partial charge in [-0.3, -0.25) is 0 Å². The Morgan fingerprint density at radius 2 is 2.00 bits per heavy atom. The zero-order valence-corrected chi connectivity index (χ0v) is 8.02. The second-order valence-electron chi connectivity index (χ2n) is 4.33. The van der Waals surface area contributed by atoms with Gasteiger partial charge in [-0.15, -0.1) is 0 Å². The van der Waals surface area contributed by atoms with Crippen LogP contribution in [0.15, 0.2) is 9.32 Å². The van der Waals surface area contributed by atoms with E-state index in [1.165, 1.54) is 0 Å². The Balaban J connectivity index is 2.96. The van der Waals surface area contributed by atoms with Gasteiger partial charge in [-0.25, -0.2) is 9.95 Å². The van der Waals surface area contributed by atoms with Crippen LogP contribution in [-0.4, -0.2) is 5.16 Å². The quantitative estimate of drug-likeness (QED) is 0.697. The van der Waals surface area contributed by atoms with Crippen LogP contribution in [0.25, 0.3) is 0 Å². The van der Waals surface area contributed by atoms with Crippen molar-refractivity contribution in [3.63, 3.8) is 0 Å². The SMILES string of the molecule is Cc1[nH]oc(=O)c1CC(C)(C)C. The molecule has 1 N–H and O–H groups in total. The molecule has 0 atom stereocenters. The summed E-state index contributed by atoms with van der Waals surface area (Å²) in [4.78, 5) is 11.1. The Labute approximate surface area is 71.7 Å². The summed E-state index contributed by atoms with van der Waals surface area (Å²) in [5.74, 6) is 0. The molecule has 1 rings (SSSR count). The molecule has 0 aliphatic rings. The maximum atomic E-state index is 11.1. The molecule has 1 heterocycles. The van der Waals surface area contributed by atoms with Crippen LogP contribution in [0.5, 0.6) is 0 Å². The van der Waals surface area contributed by atoms with Gasteiger partial charge in [0.25, 0.3) is 0 Å². The number of aromatic nitrogens is 1. The molecular formula is C9H15NO2. The fourth-order valence-electron chi connectivity index (χ4n) is 1.13. The average molecular weight is 169 g/mol. The van der Waals surface area contributed by atoms with E-state index in [0.717, 1.165) is 17.7 Å². The number of rotatable bonds is 1. The highest BCUT2D eigenvalue weighted by atomic mass is 16.5. The summed E-state index contributed by atoms with van der Waals surface area (Å²) >= 11 is 0. The van der Waals surface area contributed by atoms with Crippen molar-refractivity contribution in [1.29, 1.82) is 0 Å². The van der Waals surface area contributed by atoms with E-state index in [9.17, 15) is 4.79 Å². The first kappa shape index (κ1) is 9.10. The molecule has 0 radical (unpaired) electrons. The molecule has 0 aliphatic carbocycles. The molecule has 1 aromatic rings. The number of H-pyrrole nitrogens is 1. The summed E-state index contributed by atoms with van der Waals surface area (Å²) in [6, 6.07) is 0. The minimum absolute atomic E-state index is 0.127. The molecule has 12 heavy (non-hydrogen) atoms. The molecule has 0 fully saturated rings. The van der Waals surface area contributed by atoms with E-state index in [-0.39, 0.29) is 11.0 Å². The van der Waals surface area contributed by atoms with E-state index in [1.54, 1.807) is 0 Å². The lowest BCUT2D eigenvalue weighted by atomic mass is 9.88. The lowest BCUT2D eigenvalue weighted by Gasteiger charge is -2.15. The van der Waals surface area contributed by atoms with Gasteiger partial charge in [-0.05, 0) is 18.8 Å². The van der Waals surface area contributed by atoms with E-state index >= 15 is 0 Å². The summed E-state index contributed by atoms with van der Waals surface area (Å²) in [5.41, 5.74) is 1.50. The van der Waals surface area contributed by atoms with Crippen LogP contribution in [0.4, 0.5) is 0 Å². The second kappa shape index (κ2) is 2.81. The van der Waals surface area contributed by atoms with Gasteiger partial charge in [0, 0.05) is 0 Å². The van der Waals surface area contributed by atoms with Crippen LogP contribution in [0.2, 0.25) is 0 Å². The summed E-state index contributed by atoms with van der Waals surface area (Å²) in [5, 5.41) is 2.57. The summed E-state index contributed by atoms with van der Waals surface area (Å²) in [7, 11) is 0. The van der Waals surface area contributed by atoms with Gasteiger partial charge in [0.2, 0.25) is 0 Å². The Kier molecular flexibility index (Phi) is 2.13. The second-order valence-corrected chi connectivity index (χ2v) is 4.33. The fourth-order valence-corrected chi connectivity index (χ4v) is 1.13. The predicted octanol–water partition coefficient (Wildman–Crippen LogP) is 1.86. The predicted molar refractivity (Wildman–Crippen MR) is 47.2 cm³/mol. The first-order chi connectivity index (χ1) is 5.40. The molecule has 68 valence electrons. The van der Waals surface area contributed by atoms with Gasteiger partial charge in [-0.1, -0.05) is 20.8 Å². The smallest absolute Gasteiger partial charge is 0.339 e. The Hall–Kier alpha value is -0.990. The molecule has 0 unspecified atom stereocenters. The third-order valence-corrected chi connectivity index (χ3v) is 1.70. The zero-order valence-electron chi connectivity index (χ0n) is 8.02. The van der Waals surface area contributed by atoms with Gasteiger partial charge >= 0.3 is 5.63 Å². The first-order valence-corrected chi connectivity index (χ1v) is 4.07. The molecular weight excluding hydrogens is 154 g/mol. The lowest BCUT2D eigenvalue weighted by Crippen LogP contribution is -2.15. The monoisotopic (exact) mass is 169 g/mol. The summed E-state index contributed by atoms with van der Waals surface area (Å²) in [6.07, 6.45) is 0.755. The van der Waals surface area contributed by atoms with Crippen molar-refractivity contribution in [2.75, 3.05) is 0 Å². The standard InChI is InChI=1S/C9H15NO2/c1-6-7(5-9(2,3)4)8(11)12-10-6/h10H,5H2,1-4H3. The molecule has 0 aliphatic heterocycles. The largest absolute Gasteiger partial charge is 0.360 e. The first-order valence-electron chi connectivity index (χ1n) is 4.07. The molecule has 0 amide bonds. The molecule has 0 aromatic carbocycles. The normalized spacial score (nSPS) is 12.0. The average Bonchev–Trinajstić information content (AvgIpc) is 2.16. The van der Waals surface area contributed by atoms with Gasteiger partial charge in [0.15, 0.2) is 0 Å². The number of nitrogens with one attached hydrogen (secondary N) is 1. The number of aryl methyl sites for hydroxylation is 1. The molecule has 1 aromatic heterocycles. The van der Waals surface area contributed by atoms with Crippen molar-refractivity contribution in [3.8, 4) is 0 Å². The topological polar surface area (TPSA) is 46.0 Å². The maximum Gasteiger partial charge on any atom is 0.360 e. The van der Waals surface area contributed by atoms with E-state index in [2.05, 4.69) is 30.5 Å². The highest BCUT2D eigenvalue weighted by Crippen LogP contribution is 2.19. The van der Waals surface area contributed by atoms with Crippen LogP contribution in [-0.2, 0) is 6.42 Å². The van der Waals surface area contributed by atoms with Gasteiger partial charge < -0.3 is 4.52 Å². The van der Waals surface area contributed by atoms with Crippen LogP contribution < -0.4 is 5.63 Å². The van der Waals surface area contributed by atoms with E-state index < -0.39 is 0 Å². The third kappa shape index (κ3) is 2.00. The number of hydrogen-bond acceptors (Lipinski definition) is 2. The van der Waals surface area contributed by atoms with Gasteiger partial charge in [0.05, 0.1) is 11.3 Å². The van der Waals surface area contributed by atoms with Crippen molar-refractivity contribution in [3.05, 3.63) is 21.7 Å². The van der Waals surface area contributed by atoms with Crippen LogP contribution in [0.3, 0.4) is 0 Å². The lowest BCUT2D eigenvalue weighted by molar-refractivity contribution is 0.378. The van der Waals surface area contributed by atoms with Crippen molar-refractivity contribution < 1.29 is 4.52 Å². The summed E-state index contributed by atoms with van der Waals surface area (Å²) < 4.78 is 4.66. The maximum absolute atomic E-state index is 11.1. The Bertz CT molecular complexity index is 314. The highest BCUT2D eigenvalue weighted by Gasteiger charge is 2.17. The van der Waals surface area contributed by atoms with Gasteiger partial charge in [0.1, 0.15) is 0 Å². The molecule has 0 saturated carbocycles. The van der Waals surface area contributed by atoms with Crippen molar-refractivity contribution >= 4 is 0 Å². The minimum Gasteiger partial charge on any atom is -0.339 e. The van der Waals surface area contributed by atoms with Crippen LogP contribution in [0.1, 0.15) is 32.0 Å². The Morgan fingerprint density at radius 1 is 1.42 bits per heavy atom. The Morgan fingerprint density at radius 3 is 2.33 bits per heavy atom. The molecule has 0 spiro atoms. The molecule has 0 bridgehead atoms. The molecule has 0 saturated heterocycles. The zero-order chi connectivity index (χ0) is 9.35. The fraction of sp³-hybridized carbons (Fsp3) is 0.667. The molecule has 3 heteroatoms. The van der Waals surface area contributed by atoms with E-state index in [0.29, 0.717) is 0 Å². The number of hydrogen-bond donors (Lipinski definition) is 1. The van der Waals surface area contributed by atoms with Crippen molar-refractivity contribution in [2.24, 2.45) is 5.41 Å². The van der Waals surface area contributed by atoms with Gasteiger partial charge in [-0.2, -0.15) is 0 Å². The van der Waals surface area contributed by atoms with E-state index in [4.69, 9.17) is 0 Å². The molecule has 3 nitrogen and oxygen atoms in total. The van der Waals surface area contributed by atoms with Crippen molar-refractivity contribution in [2.45, 2.75) is 34.1 Å². The van der Waals surface area contributed by atoms with Crippen LogP contribution in [0, 0.1) is 12.3 Å². The highest BCUT2D eigenvalue weighted by molar-refractivity contribution is 5.14. The van der Waals surface area contributed by atoms with Crippen molar-refractivity contribution in [1.82, 2.24) is 5.16 Å². The third-order valence-electron chi connectivity index (χ3n) is 1.70. The summed E-state index contributed by atoms with van der Waals surface area (Å²) in [6.45, 7) is 8.14. The minimum atomic E-state index is -0.234.